The molecule has 0 heterocycles. The van der Waals surface area contributed by atoms with Gasteiger partial charge in [-0.2, -0.15) is 0 Å². The van der Waals surface area contributed by atoms with Gasteiger partial charge in [0.1, 0.15) is 5.82 Å². The molecule has 0 saturated heterocycles. The van der Waals surface area contributed by atoms with Crippen molar-refractivity contribution in [3.63, 3.8) is 0 Å². The molecule has 2 rings (SSSR count). The molecule has 21 heavy (non-hydrogen) atoms. The van der Waals surface area contributed by atoms with E-state index in [1.165, 1.54) is 0 Å². The van der Waals surface area contributed by atoms with E-state index < -0.39 is 24.0 Å². The van der Waals surface area contributed by atoms with Crippen LogP contribution in [0, 0.1) is 5.82 Å². The van der Waals surface area contributed by atoms with Crippen LogP contribution in [0.4, 0.5) is 17.3 Å². The summed E-state index contributed by atoms with van der Waals surface area (Å²) in [7, 11) is 0. The van der Waals surface area contributed by atoms with Crippen molar-refractivity contribution < 1.29 is 73.5 Å². The third-order valence-corrected chi connectivity index (χ3v) is 2.82. The molecule has 2 aromatic carbocycles. The fourth-order valence-corrected chi connectivity index (χ4v) is 1.83. The zero-order valence-corrected chi connectivity index (χ0v) is 14.7. The van der Waals surface area contributed by atoms with E-state index >= 15 is 0 Å². The van der Waals surface area contributed by atoms with E-state index in [0.29, 0.717) is 12.5 Å². The van der Waals surface area contributed by atoms with E-state index in [2.05, 4.69) is 0 Å². The normalized spacial score (nSPS) is 10.9. The third-order valence-electron chi connectivity index (χ3n) is 2.82. The summed E-state index contributed by atoms with van der Waals surface area (Å²) in [6.07, 6.45) is 0.460. The zero-order valence-electron chi connectivity index (χ0n) is 11.5. The second-order valence-corrected chi connectivity index (χ2v) is 4.34. The standard InChI is InChI=1S/C14H12BF4O.K/c16-12-6-7-13(15(17,18)19)14(10-12)20-9-8-11-4-2-1-3-5-11;/h1-7,10H,8-9H2;/q-1;+1. The maximum Gasteiger partial charge on any atom is 1.00 e. The molecule has 0 amide bonds. The molecule has 0 saturated carbocycles. The first-order valence-electron chi connectivity index (χ1n) is 6.13. The number of rotatable bonds is 5. The quantitative estimate of drug-likeness (QED) is 0.576. The van der Waals surface area contributed by atoms with Crippen molar-refractivity contribution in [3.8, 4) is 5.75 Å². The van der Waals surface area contributed by atoms with Gasteiger partial charge in [-0.25, -0.2) is 4.39 Å². The van der Waals surface area contributed by atoms with E-state index in [1.54, 1.807) is 0 Å². The molecule has 106 valence electrons. The summed E-state index contributed by atoms with van der Waals surface area (Å²) < 4.78 is 56.5. The maximum atomic E-state index is 13.0. The van der Waals surface area contributed by atoms with Gasteiger partial charge in [0.2, 0.25) is 0 Å². The third kappa shape index (κ3) is 5.75. The molecule has 7 heteroatoms. The largest absolute Gasteiger partial charge is 1.00 e. The molecule has 0 N–H and O–H groups in total. The molecule has 0 unspecified atom stereocenters. The van der Waals surface area contributed by atoms with E-state index in [4.69, 9.17) is 4.74 Å². The van der Waals surface area contributed by atoms with Crippen molar-refractivity contribution >= 4 is 12.4 Å². The predicted octanol–water partition coefficient (Wildman–Crippen LogP) is 0.506. The minimum Gasteiger partial charge on any atom is -0.496 e. The first-order valence-corrected chi connectivity index (χ1v) is 6.13. The van der Waals surface area contributed by atoms with Gasteiger partial charge >= 0.3 is 58.4 Å². The van der Waals surface area contributed by atoms with Crippen molar-refractivity contribution in [1.29, 1.82) is 0 Å². The van der Waals surface area contributed by atoms with Crippen molar-refractivity contribution in [1.82, 2.24) is 0 Å². The Morgan fingerprint density at radius 2 is 1.62 bits per heavy atom. The molecule has 0 aliphatic heterocycles. The molecular weight excluding hydrogens is 310 g/mol. The molecule has 0 aliphatic rings. The van der Waals surface area contributed by atoms with Crippen LogP contribution in [0.5, 0.6) is 5.75 Å². The summed E-state index contributed by atoms with van der Waals surface area (Å²) in [4.78, 5) is 0. The zero-order chi connectivity index (χ0) is 14.6. The minimum atomic E-state index is -5.22. The average Bonchev–Trinajstić information content (AvgIpc) is 2.38. The van der Waals surface area contributed by atoms with Crippen LogP contribution < -0.4 is 61.6 Å². The van der Waals surface area contributed by atoms with Gasteiger partial charge in [-0.15, -0.1) is 0 Å². The predicted molar refractivity (Wildman–Crippen MR) is 70.8 cm³/mol. The number of hydrogen-bond acceptors (Lipinski definition) is 1. The van der Waals surface area contributed by atoms with Gasteiger partial charge in [-0.05, 0) is 11.6 Å². The summed E-state index contributed by atoms with van der Waals surface area (Å²) in [6, 6.07) is 11.5. The number of ether oxygens (including phenoxy) is 1. The summed E-state index contributed by atoms with van der Waals surface area (Å²) in [6.45, 7) is -5.16. The molecule has 0 spiro atoms. The van der Waals surface area contributed by atoms with Gasteiger partial charge in [-0.3, -0.25) is 0 Å². The van der Waals surface area contributed by atoms with Gasteiger partial charge in [0, 0.05) is 12.5 Å². The van der Waals surface area contributed by atoms with E-state index in [9.17, 15) is 17.3 Å². The SMILES string of the molecule is Fc1ccc([B-](F)(F)F)c(OCCc2ccccc2)c1.[K+]. The number of benzene rings is 2. The second-order valence-electron chi connectivity index (χ2n) is 4.34. The first-order chi connectivity index (χ1) is 9.47. The Labute approximate surface area is 163 Å². The van der Waals surface area contributed by atoms with Gasteiger partial charge in [-0.1, -0.05) is 41.9 Å². The molecular formula is C14H12BF4KO. The summed E-state index contributed by atoms with van der Waals surface area (Å²) >= 11 is 0. The fraction of sp³-hybridized carbons (Fsp3) is 0.143. The van der Waals surface area contributed by atoms with Crippen LogP contribution in [-0.4, -0.2) is 13.6 Å². The average molecular weight is 322 g/mol. The van der Waals surface area contributed by atoms with E-state index in [1.807, 2.05) is 30.3 Å². The van der Waals surface area contributed by atoms with Crippen molar-refractivity contribution in [2.45, 2.75) is 6.42 Å². The molecule has 0 radical (unpaired) electrons. The molecule has 0 fully saturated rings. The Balaban J connectivity index is 0.00000220. The number of hydrogen-bond donors (Lipinski definition) is 0. The Morgan fingerprint density at radius 1 is 0.952 bits per heavy atom. The van der Waals surface area contributed by atoms with Crippen LogP contribution >= 0.6 is 0 Å². The van der Waals surface area contributed by atoms with E-state index in [-0.39, 0.29) is 58.0 Å². The Kier molecular flexibility index (Phi) is 7.43. The maximum absolute atomic E-state index is 13.0. The Bertz CT molecular complexity index is 575. The van der Waals surface area contributed by atoms with Gasteiger partial charge in [0.15, 0.2) is 0 Å². The van der Waals surface area contributed by atoms with Gasteiger partial charge < -0.3 is 17.7 Å². The van der Waals surface area contributed by atoms with Crippen molar-refractivity contribution in [2.24, 2.45) is 0 Å². The van der Waals surface area contributed by atoms with E-state index in [0.717, 1.165) is 17.7 Å². The monoisotopic (exact) mass is 322 g/mol. The van der Waals surface area contributed by atoms with Gasteiger partial charge in [0.05, 0.1) is 12.4 Å². The Morgan fingerprint density at radius 3 is 2.24 bits per heavy atom. The molecule has 0 atom stereocenters. The molecule has 0 bridgehead atoms. The minimum absolute atomic E-state index is 0. The molecule has 0 aliphatic carbocycles. The number of halogens is 4. The fourth-order valence-electron chi connectivity index (χ4n) is 1.83. The summed E-state index contributed by atoms with van der Waals surface area (Å²) in [5.41, 5.74) is 0.0439. The van der Waals surface area contributed by atoms with Crippen molar-refractivity contribution in [2.75, 3.05) is 6.61 Å². The smallest absolute Gasteiger partial charge is 0.496 e. The topological polar surface area (TPSA) is 9.23 Å². The van der Waals surface area contributed by atoms with Crippen LogP contribution in [-0.2, 0) is 6.42 Å². The first kappa shape index (κ1) is 18.7. The molecule has 0 aromatic heterocycles. The Hall–Kier alpha value is -0.339. The van der Waals surface area contributed by atoms with Crippen LogP contribution in [0.2, 0.25) is 0 Å². The molecule has 1 nitrogen and oxygen atoms in total. The van der Waals surface area contributed by atoms with Crippen LogP contribution in [0.15, 0.2) is 48.5 Å². The van der Waals surface area contributed by atoms with Gasteiger partial charge in [0.25, 0.3) is 0 Å². The summed E-state index contributed by atoms with van der Waals surface area (Å²) in [5, 5.41) is 0. The van der Waals surface area contributed by atoms with Crippen LogP contribution in [0.25, 0.3) is 0 Å². The molecule has 2 aromatic rings. The van der Waals surface area contributed by atoms with Crippen LogP contribution in [0.1, 0.15) is 5.56 Å². The summed E-state index contributed by atoms with van der Waals surface area (Å²) in [5.74, 6) is -1.20. The van der Waals surface area contributed by atoms with Crippen molar-refractivity contribution in [3.05, 3.63) is 59.9 Å². The second kappa shape index (κ2) is 8.33. The van der Waals surface area contributed by atoms with Crippen LogP contribution in [0.3, 0.4) is 0 Å².